The number of hydroxylamine groups is 1. The lowest BCUT2D eigenvalue weighted by Crippen LogP contribution is -2.41. The minimum absolute atomic E-state index is 0.0111. The summed E-state index contributed by atoms with van der Waals surface area (Å²) in [7, 11) is -5.95. The molecular formula is C25H34F3NO8SSi. The minimum Gasteiger partial charge on any atom is -0.457 e. The first kappa shape index (κ1) is 32.6. The van der Waals surface area contributed by atoms with Gasteiger partial charge in [0.05, 0.1) is 36.4 Å². The Hall–Kier alpha value is -2.65. The molecule has 9 nitrogen and oxygen atoms in total. The molecule has 1 unspecified atom stereocenters. The van der Waals surface area contributed by atoms with Gasteiger partial charge in [-0.05, 0) is 66.7 Å². The maximum atomic E-state index is 12.9. The van der Waals surface area contributed by atoms with E-state index in [-0.39, 0.29) is 41.3 Å². The summed E-state index contributed by atoms with van der Waals surface area (Å²) < 4.78 is 83.5. The standard InChI is InChI=1S/C25H34F3NO8SSi/c1-24(2,3)39(4,5)35-15-14-34-16-18(23(30)29-31)17-38(32,33)22-12-10-20(11-13-22)36-19-6-8-21(9-7-19)37-25(26,27)28/h6-13,18,31H,14-17H2,1-5H3,(H,29,30). The topological polar surface area (TPSA) is 120 Å². The molecule has 0 saturated carbocycles. The van der Waals surface area contributed by atoms with Crippen molar-refractivity contribution >= 4 is 24.1 Å². The average molecular weight is 594 g/mol. The highest BCUT2D eigenvalue weighted by Crippen LogP contribution is 2.36. The SMILES string of the molecule is CC(C)(C)[Si](C)(C)OCCOCC(CS(=O)(=O)c1ccc(Oc2ccc(OC(F)(F)F)cc2)cc1)C(=O)NO. The van der Waals surface area contributed by atoms with Crippen LogP contribution in [0, 0.1) is 5.92 Å². The molecule has 0 aliphatic carbocycles. The Bertz CT molecular complexity index is 1180. The van der Waals surface area contributed by atoms with Crippen LogP contribution in [0.3, 0.4) is 0 Å². The number of rotatable bonds is 13. The van der Waals surface area contributed by atoms with E-state index in [2.05, 4.69) is 38.6 Å². The molecule has 39 heavy (non-hydrogen) atoms. The van der Waals surface area contributed by atoms with Crippen molar-refractivity contribution in [2.45, 2.75) is 50.2 Å². The zero-order valence-electron chi connectivity index (χ0n) is 22.4. The van der Waals surface area contributed by atoms with Gasteiger partial charge in [-0.15, -0.1) is 13.2 Å². The van der Waals surface area contributed by atoms with Crippen molar-refractivity contribution in [3.8, 4) is 17.2 Å². The molecule has 0 aliphatic rings. The van der Waals surface area contributed by atoms with E-state index < -0.39 is 47.8 Å². The number of ether oxygens (including phenoxy) is 3. The number of carbonyl (C=O) groups is 1. The first-order chi connectivity index (χ1) is 17.9. The molecule has 2 aromatic rings. The van der Waals surface area contributed by atoms with Gasteiger partial charge in [0.15, 0.2) is 18.2 Å². The maximum Gasteiger partial charge on any atom is 0.573 e. The van der Waals surface area contributed by atoms with Crippen molar-refractivity contribution in [3.63, 3.8) is 0 Å². The fourth-order valence-corrected chi connectivity index (χ4v) is 5.56. The van der Waals surface area contributed by atoms with Crippen LogP contribution in [0.4, 0.5) is 13.2 Å². The summed E-state index contributed by atoms with van der Waals surface area (Å²) in [6, 6.07) is 9.96. The van der Waals surface area contributed by atoms with Gasteiger partial charge in [-0.2, -0.15) is 0 Å². The first-order valence-electron chi connectivity index (χ1n) is 12.0. The zero-order valence-corrected chi connectivity index (χ0v) is 24.2. The summed E-state index contributed by atoms with van der Waals surface area (Å²) in [4.78, 5) is 12.0. The molecule has 0 heterocycles. The number of benzene rings is 2. The molecule has 0 fully saturated rings. The fourth-order valence-electron chi connectivity index (χ4n) is 3.01. The summed E-state index contributed by atoms with van der Waals surface area (Å²) >= 11 is 0. The van der Waals surface area contributed by atoms with Crippen LogP contribution in [0.25, 0.3) is 0 Å². The van der Waals surface area contributed by atoms with E-state index in [0.29, 0.717) is 0 Å². The van der Waals surface area contributed by atoms with E-state index in [1.807, 2.05) is 0 Å². The van der Waals surface area contributed by atoms with Crippen LogP contribution < -0.4 is 15.0 Å². The number of carbonyl (C=O) groups excluding carboxylic acids is 1. The van der Waals surface area contributed by atoms with Crippen molar-refractivity contribution in [1.29, 1.82) is 0 Å². The summed E-state index contributed by atoms with van der Waals surface area (Å²) in [5.74, 6) is -2.68. The van der Waals surface area contributed by atoms with E-state index in [1.165, 1.54) is 41.9 Å². The van der Waals surface area contributed by atoms with Crippen LogP contribution in [-0.2, 0) is 23.8 Å². The molecule has 218 valence electrons. The number of amides is 1. The zero-order chi connectivity index (χ0) is 29.5. The van der Waals surface area contributed by atoms with Crippen molar-refractivity contribution in [3.05, 3.63) is 48.5 Å². The third-order valence-corrected chi connectivity index (χ3v) is 12.6. The molecule has 0 aliphatic heterocycles. The van der Waals surface area contributed by atoms with Gasteiger partial charge in [0.1, 0.15) is 17.2 Å². The highest BCUT2D eigenvalue weighted by molar-refractivity contribution is 7.91. The van der Waals surface area contributed by atoms with Gasteiger partial charge >= 0.3 is 6.36 Å². The van der Waals surface area contributed by atoms with E-state index >= 15 is 0 Å². The Labute approximate surface area is 227 Å². The second kappa shape index (κ2) is 13.1. The molecule has 14 heteroatoms. The second-order valence-electron chi connectivity index (χ2n) is 10.2. The van der Waals surface area contributed by atoms with Gasteiger partial charge in [-0.25, -0.2) is 13.9 Å². The van der Waals surface area contributed by atoms with Crippen LogP contribution in [0.2, 0.25) is 18.1 Å². The van der Waals surface area contributed by atoms with Gasteiger partial charge < -0.3 is 18.6 Å². The quantitative estimate of drug-likeness (QED) is 0.139. The van der Waals surface area contributed by atoms with Gasteiger partial charge in [-0.3, -0.25) is 10.0 Å². The molecule has 1 amide bonds. The molecule has 0 spiro atoms. The molecule has 0 aromatic heterocycles. The van der Waals surface area contributed by atoms with Crippen molar-refractivity contribution < 1.29 is 50.2 Å². The van der Waals surface area contributed by atoms with Crippen molar-refractivity contribution in [2.75, 3.05) is 25.6 Å². The number of nitrogens with one attached hydrogen (secondary N) is 1. The van der Waals surface area contributed by atoms with Crippen molar-refractivity contribution in [1.82, 2.24) is 5.48 Å². The van der Waals surface area contributed by atoms with Crippen LogP contribution in [-0.4, -0.2) is 59.8 Å². The van der Waals surface area contributed by atoms with E-state index in [9.17, 15) is 26.4 Å². The van der Waals surface area contributed by atoms with Gasteiger partial charge in [0, 0.05) is 0 Å². The van der Waals surface area contributed by atoms with Crippen LogP contribution in [0.15, 0.2) is 53.4 Å². The summed E-state index contributed by atoms with van der Waals surface area (Å²) in [5.41, 5.74) is 1.48. The van der Waals surface area contributed by atoms with Crippen molar-refractivity contribution in [2.24, 2.45) is 5.92 Å². The summed E-state index contributed by atoms with van der Waals surface area (Å²) in [5, 5.41) is 9.08. The van der Waals surface area contributed by atoms with Gasteiger partial charge in [0.25, 0.3) is 0 Å². The Kier molecular flexibility index (Phi) is 11.0. The molecule has 0 radical (unpaired) electrons. The Morgan fingerprint density at radius 2 is 1.46 bits per heavy atom. The molecule has 2 aromatic carbocycles. The van der Waals surface area contributed by atoms with Crippen LogP contribution in [0.1, 0.15) is 20.8 Å². The molecule has 2 rings (SSSR count). The normalized spacial score (nSPS) is 13.6. The smallest absolute Gasteiger partial charge is 0.457 e. The van der Waals surface area contributed by atoms with Gasteiger partial charge in [-0.1, -0.05) is 20.8 Å². The lowest BCUT2D eigenvalue weighted by atomic mass is 10.2. The third kappa shape index (κ3) is 10.4. The monoisotopic (exact) mass is 593 g/mol. The fraction of sp³-hybridized carbons (Fsp3) is 0.480. The molecule has 2 N–H and O–H groups in total. The average Bonchev–Trinajstić information content (AvgIpc) is 2.82. The van der Waals surface area contributed by atoms with Gasteiger partial charge in [0.2, 0.25) is 5.91 Å². The largest absolute Gasteiger partial charge is 0.573 e. The van der Waals surface area contributed by atoms with Crippen LogP contribution in [0.5, 0.6) is 17.2 Å². The molecule has 1 atom stereocenters. The Balaban J connectivity index is 1.97. The number of sulfone groups is 1. The predicted molar refractivity (Wildman–Crippen MR) is 139 cm³/mol. The Morgan fingerprint density at radius 3 is 1.95 bits per heavy atom. The second-order valence-corrected chi connectivity index (χ2v) is 17.1. The number of alkyl halides is 3. The molecule has 0 saturated heterocycles. The number of halogens is 3. The Morgan fingerprint density at radius 1 is 0.949 bits per heavy atom. The first-order valence-corrected chi connectivity index (χ1v) is 16.5. The molecular weight excluding hydrogens is 559 g/mol. The minimum atomic E-state index is -4.81. The maximum absolute atomic E-state index is 12.9. The lowest BCUT2D eigenvalue weighted by molar-refractivity contribution is -0.274. The number of hydrogen-bond donors (Lipinski definition) is 2. The summed E-state index contributed by atoms with van der Waals surface area (Å²) in [6.07, 6.45) is -4.81. The van der Waals surface area contributed by atoms with Crippen LogP contribution >= 0.6 is 0 Å². The number of hydrogen-bond acceptors (Lipinski definition) is 8. The third-order valence-electron chi connectivity index (χ3n) is 6.19. The summed E-state index contributed by atoms with van der Waals surface area (Å²) in [6.45, 7) is 10.6. The highest BCUT2D eigenvalue weighted by Gasteiger charge is 2.37. The van der Waals surface area contributed by atoms with E-state index in [4.69, 9.17) is 19.1 Å². The van der Waals surface area contributed by atoms with E-state index in [1.54, 1.807) is 0 Å². The predicted octanol–water partition coefficient (Wildman–Crippen LogP) is 5.31. The lowest BCUT2D eigenvalue weighted by Gasteiger charge is -2.36. The molecule has 0 bridgehead atoms. The van der Waals surface area contributed by atoms with E-state index in [0.717, 1.165) is 12.1 Å². The highest BCUT2D eigenvalue weighted by atomic mass is 32.2.